The van der Waals surface area contributed by atoms with E-state index in [9.17, 15) is 9.50 Å². The molecule has 2 heterocycles. The second kappa shape index (κ2) is 8.21. The van der Waals surface area contributed by atoms with Crippen molar-refractivity contribution in [3.05, 3.63) is 83.3 Å². The molecule has 4 aromatic rings. The minimum Gasteiger partial charge on any atom is -0.382 e. The number of para-hydroxylation sites is 1. The van der Waals surface area contributed by atoms with Gasteiger partial charge in [-0.1, -0.05) is 29.8 Å². The maximum absolute atomic E-state index is 14.2. The van der Waals surface area contributed by atoms with Crippen molar-refractivity contribution in [2.75, 3.05) is 11.9 Å². The molecule has 0 atom stereocenters. The predicted molar refractivity (Wildman–Crippen MR) is 122 cm³/mol. The van der Waals surface area contributed by atoms with Gasteiger partial charge >= 0.3 is 0 Å². The third kappa shape index (κ3) is 4.36. The van der Waals surface area contributed by atoms with E-state index in [1.165, 1.54) is 6.07 Å². The molecule has 0 radical (unpaired) electrons. The number of benzene rings is 2. The topological polar surface area (TPSA) is 62.1 Å². The molecule has 0 spiro atoms. The highest BCUT2D eigenvalue weighted by molar-refractivity contribution is 6.32. The molecule has 0 aliphatic rings. The van der Waals surface area contributed by atoms with E-state index in [1.54, 1.807) is 50.6 Å². The molecule has 2 aromatic carbocycles. The maximum Gasteiger partial charge on any atom is 0.159 e. The van der Waals surface area contributed by atoms with Gasteiger partial charge < -0.3 is 10.0 Å². The summed E-state index contributed by atoms with van der Waals surface area (Å²) in [5, 5.41) is 11.5. The summed E-state index contributed by atoms with van der Waals surface area (Å²) in [6, 6.07) is 12.5. The Morgan fingerprint density at radius 1 is 1.00 bits per heavy atom. The summed E-state index contributed by atoms with van der Waals surface area (Å²) in [6.07, 6.45) is 4.99. The molecular weight excluding hydrogens is 415 g/mol. The molecule has 0 aliphatic carbocycles. The van der Waals surface area contributed by atoms with Crippen molar-refractivity contribution in [3.63, 3.8) is 0 Å². The summed E-state index contributed by atoms with van der Waals surface area (Å²) in [4.78, 5) is 14.8. The number of aromatic nitrogens is 3. The first-order valence-electron chi connectivity index (χ1n) is 9.82. The Hall–Kier alpha value is -3.09. The summed E-state index contributed by atoms with van der Waals surface area (Å²) in [6.45, 7) is 3.70. The molecule has 2 aromatic heterocycles. The van der Waals surface area contributed by atoms with Crippen molar-refractivity contribution in [2.45, 2.75) is 26.0 Å². The molecule has 0 bridgehead atoms. The molecule has 0 unspecified atom stereocenters. The number of aliphatic hydroxyl groups is 1. The lowest BCUT2D eigenvalue weighted by atomic mass is 10.0. The minimum absolute atomic E-state index is 0.288. The molecule has 0 fully saturated rings. The third-order valence-electron chi connectivity index (χ3n) is 5.12. The molecule has 4 rings (SSSR count). The lowest BCUT2D eigenvalue weighted by Crippen LogP contribution is -2.19. The summed E-state index contributed by atoms with van der Waals surface area (Å²) in [5.74, 6) is 0.0678. The van der Waals surface area contributed by atoms with Crippen molar-refractivity contribution < 1.29 is 9.50 Å². The average molecular weight is 437 g/mol. The van der Waals surface area contributed by atoms with Gasteiger partial charge in [-0.05, 0) is 43.7 Å². The average Bonchev–Trinajstić information content (AvgIpc) is 2.75. The van der Waals surface area contributed by atoms with Crippen molar-refractivity contribution in [2.24, 2.45) is 0 Å². The predicted octanol–water partition coefficient (Wildman–Crippen LogP) is 5.35. The van der Waals surface area contributed by atoms with Crippen LogP contribution < -0.4 is 4.90 Å². The third-order valence-corrected chi connectivity index (χ3v) is 5.44. The zero-order chi connectivity index (χ0) is 22.2. The van der Waals surface area contributed by atoms with Gasteiger partial charge in [-0.2, -0.15) is 0 Å². The normalized spacial score (nSPS) is 11.7. The molecule has 158 valence electrons. The van der Waals surface area contributed by atoms with Gasteiger partial charge in [0.05, 0.1) is 16.2 Å². The summed E-state index contributed by atoms with van der Waals surface area (Å²) in [5.41, 5.74) is 2.74. The van der Waals surface area contributed by atoms with Gasteiger partial charge in [-0.3, -0.25) is 4.98 Å². The van der Waals surface area contributed by atoms with Gasteiger partial charge in [-0.15, -0.1) is 0 Å². The molecule has 5 nitrogen and oxygen atoms in total. The number of fused-ring (bicyclic) bond motifs is 1. The quantitative estimate of drug-likeness (QED) is 0.457. The Morgan fingerprint density at radius 2 is 1.71 bits per heavy atom. The van der Waals surface area contributed by atoms with Gasteiger partial charge in [0.1, 0.15) is 11.4 Å². The van der Waals surface area contributed by atoms with Gasteiger partial charge in [0.25, 0.3) is 0 Å². The van der Waals surface area contributed by atoms with E-state index < -0.39 is 5.60 Å². The van der Waals surface area contributed by atoms with E-state index in [4.69, 9.17) is 11.6 Å². The fraction of sp³-hybridized carbons (Fsp3) is 0.208. The molecule has 0 amide bonds. The number of anilines is 1. The zero-order valence-electron chi connectivity index (χ0n) is 17.5. The van der Waals surface area contributed by atoms with E-state index in [1.807, 2.05) is 30.1 Å². The first-order chi connectivity index (χ1) is 14.7. The van der Waals surface area contributed by atoms with Crippen LogP contribution in [0.3, 0.4) is 0 Å². The highest BCUT2D eigenvalue weighted by atomic mass is 35.5. The second-order valence-corrected chi connectivity index (χ2v) is 8.39. The van der Waals surface area contributed by atoms with E-state index >= 15 is 0 Å². The highest BCUT2D eigenvalue weighted by Crippen LogP contribution is 2.31. The van der Waals surface area contributed by atoms with Crippen LogP contribution in [0.4, 0.5) is 10.1 Å². The largest absolute Gasteiger partial charge is 0.382 e. The SMILES string of the molecule is CN(Cc1c(Cl)cnc2ccc(-c3cnc(C(C)(C)O)nc3)cc12)c1ccccc1F. The van der Waals surface area contributed by atoms with Crippen LogP contribution in [0.25, 0.3) is 22.0 Å². The molecule has 7 heteroatoms. The lowest BCUT2D eigenvalue weighted by Gasteiger charge is -2.21. The Balaban J connectivity index is 1.74. The van der Waals surface area contributed by atoms with Crippen molar-refractivity contribution >= 4 is 28.2 Å². The fourth-order valence-electron chi connectivity index (χ4n) is 3.44. The number of hydrogen-bond acceptors (Lipinski definition) is 5. The Labute approximate surface area is 185 Å². The molecule has 0 saturated heterocycles. The van der Waals surface area contributed by atoms with Gasteiger partial charge in [0, 0.05) is 48.7 Å². The molecule has 31 heavy (non-hydrogen) atoms. The van der Waals surface area contributed by atoms with Gasteiger partial charge in [0.2, 0.25) is 0 Å². The van der Waals surface area contributed by atoms with Crippen molar-refractivity contribution in [1.82, 2.24) is 15.0 Å². The Morgan fingerprint density at radius 3 is 2.39 bits per heavy atom. The highest BCUT2D eigenvalue weighted by Gasteiger charge is 2.19. The molecule has 0 saturated carbocycles. The van der Waals surface area contributed by atoms with Crippen LogP contribution in [0.5, 0.6) is 0 Å². The van der Waals surface area contributed by atoms with Crippen LogP contribution in [-0.4, -0.2) is 27.1 Å². The second-order valence-electron chi connectivity index (χ2n) is 7.98. The van der Waals surface area contributed by atoms with Gasteiger partial charge in [0.15, 0.2) is 5.82 Å². The molecule has 1 N–H and O–H groups in total. The molecular formula is C24H22ClFN4O. The first-order valence-corrected chi connectivity index (χ1v) is 10.2. The van der Waals surface area contributed by atoms with Crippen LogP contribution in [0, 0.1) is 5.82 Å². The van der Waals surface area contributed by atoms with Crippen LogP contribution in [0.2, 0.25) is 5.02 Å². The number of hydrogen-bond donors (Lipinski definition) is 1. The Kier molecular flexibility index (Phi) is 5.60. The van der Waals surface area contributed by atoms with Crippen LogP contribution >= 0.6 is 11.6 Å². The fourth-order valence-corrected chi connectivity index (χ4v) is 3.65. The van der Waals surface area contributed by atoms with Crippen molar-refractivity contribution in [3.8, 4) is 11.1 Å². The van der Waals surface area contributed by atoms with Crippen LogP contribution in [-0.2, 0) is 12.1 Å². The monoisotopic (exact) mass is 436 g/mol. The summed E-state index contributed by atoms with van der Waals surface area (Å²) in [7, 11) is 1.83. The van der Waals surface area contributed by atoms with E-state index in [2.05, 4.69) is 15.0 Å². The lowest BCUT2D eigenvalue weighted by molar-refractivity contribution is 0.0687. The number of nitrogens with zero attached hydrogens (tertiary/aromatic N) is 4. The van der Waals surface area contributed by atoms with Gasteiger partial charge in [-0.25, -0.2) is 14.4 Å². The van der Waals surface area contributed by atoms with E-state index in [0.717, 1.165) is 27.6 Å². The van der Waals surface area contributed by atoms with Crippen LogP contribution in [0.1, 0.15) is 25.2 Å². The van der Waals surface area contributed by atoms with E-state index in [0.29, 0.717) is 23.1 Å². The summed E-state index contributed by atoms with van der Waals surface area (Å²) < 4.78 is 14.2. The van der Waals surface area contributed by atoms with Crippen LogP contribution in [0.15, 0.2) is 61.1 Å². The number of rotatable bonds is 5. The standard InChI is InChI=1S/C24H22ClFN4O/c1-24(2,31)23-28-11-16(12-29-23)15-8-9-21-17(10-15)18(19(25)13-27-21)14-30(3)22-7-5-4-6-20(22)26/h4-13,31H,14H2,1-3H3. The number of halogens is 2. The smallest absolute Gasteiger partial charge is 0.159 e. The minimum atomic E-state index is -1.11. The first kappa shape index (κ1) is 21.2. The Bertz CT molecular complexity index is 1240. The maximum atomic E-state index is 14.2. The van der Waals surface area contributed by atoms with E-state index in [-0.39, 0.29) is 5.82 Å². The number of pyridine rings is 1. The summed E-state index contributed by atoms with van der Waals surface area (Å²) >= 11 is 6.51. The van der Waals surface area contributed by atoms with Crippen molar-refractivity contribution in [1.29, 1.82) is 0 Å². The zero-order valence-corrected chi connectivity index (χ0v) is 18.2. The molecule has 0 aliphatic heterocycles.